The van der Waals surface area contributed by atoms with Crippen LogP contribution in [0, 0.1) is 0 Å². The molecule has 5 heteroatoms. The lowest BCUT2D eigenvalue weighted by atomic mass is 10.3. The van der Waals surface area contributed by atoms with E-state index >= 15 is 0 Å². The minimum atomic E-state index is -1.07. The molecule has 1 atom stereocenters. The summed E-state index contributed by atoms with van der Waals surface area (Å²) in [4.78, 5) is 14.1. The fourth-order valence-electron chi connectivity index (χ4n) is 0.692. The van der Waals surface area contributed by atoms with Crippen molar-refractivity contribution >= 4 is 5.97 Å². The van der Waals surface area contributed by atoms with E-state index in [2.05, 4.69) is 4.98 Å². The number of rotatable bonds is 4. The van der Waals surface area contributed by atoms with Crippen molar-refractivity contribution in [3.8, 4) is 5.75 Å². The molecule has 0 spiro atoms. The van der Waals surface area contributed by atoms with Crippen molar-refractivity contribution in [2.24, 2.45) is 5.73 Å². The van der Waals surface area contributed by atoms with Crippen molar-refractivity contribution in [1.82, 2.24) is 4.98 Å². The van der Waals surface area contributed by atoms with Crippen LogP contribution < -0.4 is 10.5 Å². The Balaban J connectivity index is 2.39. The maximum absolute atomic E-state index is 10.3. The maximum atomic E-state index is 10.3. The van der Waals surface area contributed by atoms with Crippen LogP contribution in [0.2, 0.25) is 0 Å². The fraction of sp³-hybridized carbons (Fsp3) is 0.250. The highest BCUT2D eigenvalue weighted by Gasteiger charge is 2.11. The summed E-state index contributed by atoms with van der Waals surface area (Å²) in [7, 11) is 0. The molecule has 70 valence electrons. The maximum Gasteiger partial charge on any atom is 0.324 e. The molecule has 0 fully saturated rings. The molecule has 1 heterocycles. The highest BCUT2D eigenvalue weighted by Crippen LogP contribution is 2.06. The van der Waals surface area contributed by atoms with Crippen LogP contribution in [-0.2, 0) is 4.79 Å². The minimum absolute atomic E-state index is 0.0423. The number of aromatic nitrogens is 1. The number of aliphatic carboxylic acids is 1. The average molecular weight is 182 g/mol. The highest BCUT2D eigenvalue weighted by molar-refractivity contribution is 5.73. The Morgan fingerprint density at radius 3 is 2.77 bits per heavy atom. The van der Waals surface area contributed by atoms with Crippen LogP contribution in [0.15, 0.2) is 24.5 Å². The van der Waals surface area contributed by atoms with Gasteiger partial charge in [0.1, 0.15) is 18.4 Å². The molecule has 0 saturated heterocycles. The molecule has 1 aromatic heterocycles. The molecule has 0 aliphatic heterocycles. The molecule has 0 unspecified atom stereocenters. The minimum Gasteiger partial charge on any atom is -0.491 e. The molecule has 1 aromatic rings. The van der Waals surface area contributed by atoms with E-state index in [1.807, 2.05) is 0 Å². The van der Waals surface area contributed by atoms with E-state index < -0.39 is 12.0 Å². The molecule has 5 nitrogen and oxygen atoms in total. The first kappa shape index (κ1) is 9.47. The standard InChI is InChI=1S/C8H10N2O3/c9-7(8(11)12)5-13-6-1-3-10-4-2-6/h1-4,7H,5,9H2,(H,11,12)/t7-/m0/s1. The van der Waals surface area contributed by atoms with Gasteiger partial charge < -0.3 is 15.6 Å². The third-order valence-electron chi connectivity index (χ3n) is 1.40. The summed E-state index contributed by atoms with van der Waals surface area (Å²) >= 11 is 0. The van der Waals surface area contributed by atoms with Crippen LogP contribution >= 0.6 is 0 Å². The Bertz CT molecular complexity index is 276. The van der Waals surface area contributed by atoms with Crippen LogP contribution in [0.25, 0.3) is 0 Å². The summed E-state index contributed by atoms with van der Waals surface area (Å²) < 4.78 is 5.08. The number of carboxylic acids is 1. The van der Waals surface area contributed by atoms with E-state index in [1.165, 1.54) is 0 Å². The smallest absolute Gasteiger partial charge is 0.324 e. The number of pyridine rings is 1. The zero-order chi connectivity index (χ0) is 9.68. The predicted molar refractivity (Wildman–Crippen MR) is 45.3 cm³/mol. The summed E-state index contributed by atoms with van der Waals surface area (Å²) in [5.74, 6) is -0.513. The summed E-state index contributed by atoms with van der Waals surface area (Å²) in [6.45, 7) is -0.0423. The second-order valence-corrected chi connectivity index (χ2v) is 2.44. The number of hydrogen-bond donors (Lipinski definition) is 2. The number of nitrogens with zero attached hydrogens (tertiary/aromatic N) is 1. The van der Waals surface area contributed by atoms with Crippen LogP contribution in [0.5, 0.6) is 5.75 Å². The summed E-state index contributed by atoms with van der Waals surface area (Å²) in [6.07, 6.45) is 3.11. The van der Waals surface area contributed by atoms with Crippen molar-refractivity contribution in [3.63, 3.8) is 0 Å². The molecule has 0 saturated carbocycles. The third kappa shape index (κ3) is 3.08. The van der Waals surface area contributed by atoms with Gasteiger partial charge >= 0.3 is 5.97 Å². The van der Waals surface area contributed by atoms with Gasteiger partial charge in [-0.3, -0.25) is 9.78 Å². The zero-order valence-electron chi connectivity index (χ0n) is 6.88. The highest BCUT2D eigenvalue weighted by atomic mass is 16.5. The lowest BCUT2D eigenvalue weighted by Gasteiger charge is -2.08. The largest absolute Gasteiger partial charge is 0.491 e. The van der Waals surface area contributed by atoms with Gasteiger partial charge in [0.15, 0.2) is 0 Å². The SMILES string of the molecule is N[C@@H](COc1ccncc1)C(=O)O. The fourth-order valence-corrected chi connectivity index (χ4v) is 0.692. The molecule has 3 N–H and O–H groups in total. The van der Waals surface area contributed by atoms with Gasteiger partial charge in [0.05, 0.1) is 0 Å². The molecule has 0 aliphatic rings. The number of ether oxygens (including phenoxy) is 1. The summed E-state index contributed by atoms with van der Waals surface area (Å²) in [5, 5.41) is 8.44. The molecule has 0 radical (unpaired) electrons. The van der Waals surface area contributed by atoms with Gasteiger partial charge in [0.2, 0.25) is 0 Å². The van der Waals surface area contributed by atoms with E-state index in [0.717, 1.165) is 0 Å². The van der Waals surface area contributed by atoms with Gasteiger partial charge in [-0.05, 0) is 12.1 Å². The first-order valence-corrected chi connectivity index (χ1v) is 3.71. The Morgan fingerprint density at radius 2 is 2.23 bits per heavy atom. The van der Waals surface area contributed by atoms with Crippen molar-refractivity contribution < 1.29 is 14.6 Å². The predicted octanol–water partition coefficient (Wildman–Crippen LogP) is -0.128. The van der Waals surface area contributed by atoms with Crippen LogP contribution in [-0.4, -0.2) is 28.7 Å². The second-order valence-electron chi connectivity index (χ2n) is 2.44. The van der Waals surface area contributed by atoms with Gasteiger partial charge in [-0.25, -0.2) is 0 Å². The summed E-state index contributed by atoms with van der Waals surface area (Å²) in [5.41, 5.74) is 5.22. The first-order chi connectivity index (χ1) is 6.20. The van der Waals surface area contributed by atoms with Crippen molar-refractivity contribution in [1.29, 1.82) is 0 Å². The van der Waals surface area contributed by atoms with Crippen LogP contribution in [0.4, 0.5) is 0 Å². The lowest BCUT2D eigenvalue weighted by Crippen LogP contribution is -2.36. The van der Waals surface area contributed by atoms with E-state index in [4.69, 9.17) is 15.6 Å². The Hall–Kier alpha value is -1.62. The topological polar surface area (TPSA) is 85.4 Å². The average Bonchev–Trinajstić information content (AvgIpc) is 2.15. The van der Waals surface area contributed by atoms with E-state index in [-0.39, 0.29) is 6.61 Å². The zero-order valence-corrected chi connectivity index (χ0v) is 6.88. The summed E-state index contributed by atoms with van der Waals surface area (Å²) in [6, 6.07) is 2.27. The van der Waals surface area contributed by atoms with Crippen LogP contribution in [0.3, 0.4) is 0 Å². The molecule has 0 aromatic carbocycles. The Morgan fingerprint density at radius 1 is 1.62 bits per heavy atom. The number of nitrogens with two attached hydrogens (primary N) is 1. The van der Waals surface area contributed by atoms with Gasteiger partial charge in [0.25, 0.3) is 0 Å². The molecule has 1 rings (SSSR count). The van der Waals surface area contributed by atoms with E-state index in [1.54, 1.807) is 24.5 Å². The number of carboxylic acid groups (broad SMARTS) is 1. The van der Waals surface area contributed by atoms with E-state index in [0.29, 0.717) is 5.75 Å². The molecule has 0 amide bonds. The first-order valence-electron chi connectivity index (χ1n) is 3.71. The molecular weight excluding hydrogens is 172 g/mol. The van der Waals surface area contributed by atoms with Gasteiger partial charge in [0, 0.05) is 12.4 Å². The second kappa shape index (κ2) is 4.42. The molecular formula is C8H10N2O3. The van der Waals surface area contributed by atoms with Crippen molar-refractivity contribution in [3.05, 3.63) is 24.5 Å². The Kier molecular flexibility index (Phi) is 3.22. The monoisotopic (exact) mass is 182 g/mol. The van der Waals surface area contributed by atoms with Crippen LogP contribution in [0.1, 0.15) is 0 Å². The number of carbonyl (C=O) groups is 1. The Labute approximate surface area is 75.2 Å². The third-order valence-corrected chi connectivity index (χ3v) is 1.40. The van der Waals surface area contributed by atoms with Gasteiger partial charge in [-0.1, -0.05) is 0 Å². The van der Waals surface area contributed by atoms with E-state index in [9.17, 15) is 4.79 Å². The normalized spacial score (nSPS) is 12.1. The lowest BCUT2D eigenvalue weighted by molar-refractivity contribution is -0.139. The van der Waals surface area contributed by atoms with Crippen molar-refractivity contribution in [2.75, 3.05) is 6.61 Å². The molecule has 13 heavy (non-hydrogen) atoms. The van der Waals surface area contributed by atoms with Gasteiger partial charge in [-0.15, -0.1) is 0 Å². The number of hydrogen-bond acceptors (Lipinski definition) is 4. The molecule has 0 aliphatic carbocycles. The van der Waals surface area contributed by atoms with Crippen molar-refractivity contribution in [2.45, 2.75) is 6.04 Å². The quantitative estimate of drug-likeness (QED) is 0.677. The van der Waals surface area contributed by atoms with Gasteiger partial charge in [-0.2, -0.15) is 0 Å². The molecule has 0 bridgehead atoms.